The van der Waals surface area contributed by atoms with Crippen LogP contribution in [0, 0.1) is 19.8 Å². The molecule has 0 bridgehead atoms. The maximum Gasteiger partial charge on any atom is 0.224 e. The number of rotatable bonds is 7. The highest BCUT2D eigenvalue weighted by molar-refractivity contribution is 5.91. The van der Waals surface area contributed by atoms with Gasteiger partial charge in [-0.05, 0) is 69.3 Å². The van der Waals surface area contributed by atoms with E-state index in [9.17, 15) is 4.79 Å². The molecule has 0 unspecified atom stereocenters. The molecule has 1 saturated heterocycles. The Morgan fingerprint density at radius 3 is 2.86 bits per heavy atom. The highest BCUT2D eigenvalue weighted by atomic mass is 16.5. The van der Waals surface area contributed by atoms with Gasteiger partial charge in [0.25, 0.3) is 0 Å². The van der Waals surface area contributed by atoms with E-state index in [0.29, 0.717) is 12.3 Å². The summed E-state index contributed by atoms with van der Waals surface area (Å²) in [6.07, 6.45) is 3.81. The van der Waals surface area contributed by atoms with Crippen molar-refractivity contribution in [3.05, 3.63) is 35.4 Å². The molecule has 152 valence electrons. The fourth-order valence-corrected chi connectivity index (χ4v) is 3.88. The van der Waals surface area contributed by atoms with E-state index in [1.807, 2.05) is 43.8 Å². The van der Waals surface area contributed by atoms with Gasteiger partial charge >= 0.3 is 0 Å². The van der Waals surface area contributed by atoms with Crippen molar-refractivity contribution in [2.24, 2.45) is 13.0 Å². The van der Waals surface area contributed by atoms with E-state index in [1.165, 1.54) is 12.8 Å². The van der Waals surface area contributed by atoms with Crippen LogP contribution in [0.15, 0.2) is 18.2 Å². The number of ether oxygens (including phenoxy) is 1. The van der Waals surface area contributed by atoms with Crippen molar-refractivity contribution in [2.75, 3.05) is 25.5 Å². The van der Waals surface area contributed by atoms with Crippen molar-refractivity contribution < 1.29 is 9.53 Å². The van der Waals surface area contributed by atoms with E-state index in [0.717, 1.165) is 54.7 Å². The van der Waals surface area contributed by atoms with E-state index < -0.39 is 0 Å². The molecule has 1 aromatic heterocycles. The minimum absolute atomic E-state index is 0.0781. The highest BCUT2D eigenvalue weighted by Crippen LogP contribution is 2.24. The lowest BCUT2D eigenvalue weighted by Crippen LogP contribution is -2.36. The Bertz CT molecular complexity index is 817. The summed E-state index contributed by atoms with van der Waals surface area (Å²) in [5.41, 5.74) is 1.87. The zero-order valence-electron chi connectivity index (χ0n) is 17.4. The molecule has 1 amide bonds. The summed E-state index contributed by atoms with van der Waals surface area (Å²) in [4.78, 5) is 19.3. The topological polar surface area (TPSA) is 72.3 Å². The minimum Gasteiger partial charge on any atom is -0.497 e. The van der Waals surface area contributed by atoms with Gasteiger partial charge in [-0.3, -0.25) is 14.4 Å². The quantitative estimate of drug-likeness (QED) is 0.793. The Morgan fingerprint density at radius 2 is 2.18 bits per heavy atom. The lowest BCUT2D eigenvalue weighted by molar-refractivity contribution is -0.116. The van der Waals surface area contributed by atoms with Gasteiger partial charge < -0.3 is 10.1 Å². The van der Waals surface area contributed by atoms with Crippen LogP contribution in [0.3, 0.4) is 0 Å². The van der Waals surface area contributed by atoms with Crippen LogP contribution in [0.5, 0.6) is 5.75 Å². The van der Waals surface area contributed by atoms with E-state index in [4.69, 9.17) is 4.74 Å². The van der Waals surface area contributed by atoms with Gasteiger partial charge in [-0.2, -0.15) is 5.10 Å². The van der Waals surface area contributed by atoms with Crippen LogP contribution in [-0.4, -0.2) is 45.8 Å². The summed E-state index contributed by atoms with van der Waals surface area (Å²) in [6, 6.07) is 5.70. The number of aromatic nitrogens is 3. The summed E-state index contributed by atoms with van der Waals surface area (Å²) in [5.74, 6) is 3.25. The molecule has 7 heteroatoms. The number of carbonyl (C=O) groups is 1. The van der Waals surface area contributed by atoms with E-state index in [2.05, 4.69) is 20.3 Å². The number of anilines is 1. The zero-order valence-corrected chi connectivity index (χ0v) is 17.4. The predicted molar refractivity (Wildman–Crippen MR) is 109 cm³/mol. The normalized spacial score (nSPS) is 17.5. The van der Waals surface area contributed by atoms with E-state index in [-0.39, 0.29) is 5.91 Å². The van der Waals surface area contributed by atoms with Crippen LogP contribution in [0.25, 0.3) is 0 Å². The molecule has 1 fully saturated rings. The molecule has 0 aliphatic carbocycles. The maximum absolute atomic E-state index is 12.4. The van der Waals surface area contributed by atoms with Crippen molar-refractivity contribution in [3.63, 3.8) is 0 Å². The maximum atomic E-state index is 12.4. The van der Waals surface area contributed by atoms with Crippen molar-refractivity contribution >= 4 is 11.6 Å². The van der Waals surface area contributed by atoms with Gasteiger partial charge in [0.15, 0.2) is 0 Å². The average molecular weight is 386 g/mol. The van der Waals surface area contributed by atoms with E-state index in [1.54, 1.807) is 7.11 Å². The van der Waals surface area contributed by atoms with Gasteiger partial charge in [0, 0.05) is 25.7 Å². The Morgan fingerprint density at radius 1 is 1.36 bits per heavy atom. The summed E-state index contributed by atoms with van der Waals surface area (Å²) in [7, 11) is 3.59. The molecule has 1 aliphatic heterocycles. The highest BCUT2D eigenvalue weighted by Gasteiger charge is 2.22. The zero-order chi connectivity index (χ0) is 20.1. The largest absolute Gasteiger partial charge is 0.497 e. The second kappa shape index (κ2) is 9.19. The molecule has 1 atom stereocenters. The third-order valence-electron chi connectivity index (χ3n) is 5.41. The van der Waals surface area contributed by atoms with Crippen LogP contribution in [0.2, 0.25) is 0 Å². The Labute approximate surface area is 167 Å². The first-order valence-electron chi connectivity index (χ1n) is 9.98. The molecule has 2 aromatic rings. The Hall–Kier alpha value is -2.41. The van der Waals surface area contributed by atoms with Crippen LogP contribution in [0.4, 0.5) is 5.69 Å². The van der Waals surface area contributed by atoms with Gasteiger partial charge in [-0.1, -0.05) is 0 Å². The number of benzene rings is 1. The fraction of sp³-hybridized carbons (Fsp3) is 0.571. The number of nitrogens with zero attached hydrogens (tertiary/aromatic N) is 4. The lowest BCUT2D eigenvalue weighted by atomic mass is 9.93. The third-order valence-corrected chi connectivity index (χ3v) is 5.41. The number of carbonyl (C=O) groups excluding carboxylic acids is 1. The molecule has 7 nitrogen and oxygen atoms in total. The molecule has 1 aliphatic rings. The van der Waals surface area contributed by atoms with Crippen LogP contribution in [0.1, 0.15) is 42.9 Å². The Kier molecular flexibility index (Phi) is 6.67. The number of likely N-dealkylation sites (tertiary alicyclic amines) is 1. The first-order chi connectivity index (χ1) is 13.4. The predicted octanol–water partition coefficient (Wildman–Crippen LogP) is 3.07. The standard InChI is InChI=1S/C21H31N5O2/c1-15-12-18(28-4)8-9-19(15)23-21(27)10-7-17-6-5-11-26(13-17)14-20-22-16(2)24-25(20)3/h8-9,12,17H,5-7,10-11,13-14H2,1-4H3,(H,23,27)/t17-/m0/s1. The molecule has 0 spiro atoms. The van der Waals surface area contributed by atoms with Gasteiger partial charge in [0.1, 0.15) is 17.4 Å². The smallest absolute Gasteiger partial charge is 0.224 e. The number of methoxy groups -OCH3 is 1. The van der Waals surface area contributed by atoms with Gasteiger partial charge in [-0.15, -0.1) is 0 Å². The summed E-state index contributed by atoms with van der Waals surface area (Å²) >= 11 is 0. The second-order valence-corrected chi connectivity index (χ2v) is 7.71. The summed E-state index contributed by atoms with van der Waals surface area (Å²) in [6.45, 7) is 6.82. The van der Waals surface area contributed by atoms with Crippen molar-refractivity contribution in [3.8, 4) is 5.75 Å². The van der Waals surface area contributed by atoms with Crippen molar-refractivity contribution in [2.45, 2.75) is 46.1 Å². The lowest BCUT2D eigenvalue weighted by Gasteiger charge is -2.32. The number of amides is 1. The van der Waals surface area contributed by atoms with Gasteiger partial charge in [0.05, 0.1) is 13.7 Å². The van der Waals surface area contributed by atoms with Crippen molar-refractivity contribution in [1.82, 2.24) is 19.7 Å². The number of piperidine rings is 1. The molecular weight excluding hydrogens is 354 g/mol. The molecule has 1 N–H and O–H groups in total. The van der Waals surface area contributed by atoms with Gasteiger partial charge in [-0.25, -0.2) is 4.98 Å². The number of aryl methyl sites for hydroxylation is 3. The molecule has 0 saturated carbocycles. The second-order valence-electron chi connectivity index (χ2n) is 7.71. The SMILES string of the molecule is COc1ccc(NC(=O)CC[C@@H]2CCCN(Cc3nc(C)nn3C)C2)c(C)c1. The first-order valence-corrected chi connectivity index (χ1v) is 9.98. The molecule has 0 radical (unpaired) electrons. The van der Waals surface area contributed by atoms with Crippen molar-refractivity contribution in [1.29, 1.82) is 0 Å². The fourth-order valence-electron chi connectivity index (χ4n) is 3.88. The third kappa shape index (κ3) is 5.32. The molecule has 3 rings (SSSR count). The van der Waals surface area contributed by atoms with E-state index >= 15 is 0 Å². The number of nitrogens with one attached hydrogen (secondary N) is 1. The summed E-state index contributed by atoms with van der Waals surface area (Å²) in [5, 5.41) is 7.36. The molecular formula is C21H31N5O2. The van der Waals surface area contributed by atoms with Crippen LogP contribution < -0.4 is 10.1 Å². The minimum atomic E-state index is 0.0781. The van der Waals surface area contributed by atoms with Crippen LogP contribution >= 0.6 is 0 Å². The number of hydrogen-bond acceptors (Lipinski definition) is 5. The van der Waals surface area contributed by atoms with Crippen LogP contribution in [-0.2, 0) is 18.4 Å². The summed E-state index contributed by atoms with van der Waals surface area (Å²) < 4.78 is 7.08. The molecule has 2 heterocycles. The molecule has 1 aromatic carbocycles. The first kappa shape index (κ1) is 20.3. The number of hydrogen-bond donors (Lipinski definition) is 1. The average Bonchev–Trinajstić information content (AvgIpc) is 2.99. The molecule has 28 heavy (non-hydrogen) atoms. The Balaban J connectivity index is 1.47. The monoisotopic (exact) mass is 385 g/mol. The van der Waals surface area contributed by atoms with Gasteiger partial charge in [0.2, 0.25) is 5.91 Å².